The molecule has 0 amide bonds. The molecule has 0 spiro atoms. The van der Waals surface area contributed by atoms with Gasteiger partial charge in [-0.05, 0) is 30.3 Å². The number of nitrogens with one attached hydrogen (secondary N) is 1. The van der Waals surface area contributed by atoms with Gasteiger partial charge in [0.25, 0.3) is 0 Å². The summed E-state index contributed by atoms with van der Waals surface area (Å²) in [6.45, 7) is 0. The van der Waals surface area contributed by atoms with E-state index in [0.717, 1.165) is 16.9 Å². The molecule has 1 N–H and O–H groups in total. The zero-order chi connectivity index (χ0) is 16.6. The summed E-state index contributed by atoms with van der Waals surface area (Å²) in [5, 5.41) is 13.5. The second-order valence-electron chi connectivity index (χ2n) is 4.96. The van der Waals surface area contributed by atoms with Crippen LogP contribution in [0.2, 0.25) is 5.02 Å². The van der Waals surface area contributed by atoms with Gasteiger partial charge in [-0.25, -0.2) is 0 Å². The molecule has 0 aromatic heterocycles. The van der Waals surface area contributed by atoms with Crippen LogP contribution >= 0.6 is 11.6 Å². The Labute approximate surface area is 145 Å². The summed E-state index contributed by atoms with van der Waals surface area (Å²) in [4.78, 5) is 0. The summed E-state index contributed by atoms with van der Waals surface area (Å²) in [7, 11) is 0. The smallest absolute Gasteiger partial charge is 0.201 e. The van der Waals surface area contributed by atoms with Crippen LogP contribution in [0, 0.1) is 0 Å². The van der Waals surface area contributed by atoms with Crippen LogP contribution in [0.25, 0.3) is 0 Å². The molecule has 0 heterocycles. The van der Waals surface area contributed by atoms with Crippen LogP contribution in [0.5, 0.6) is 0 Å². The quantitative estimate of drug-likeness (QED) is 0.274. The van der Waals surface area contributed by atoms with E-state index in [1.165, 1.54) is 0 Å². The fraction of sp³-hybridized carbons (Fsp3) is 0. The molecule has 0 aliphatic heterocycles. The second-order valence-corrected chi connectivity index (χ2v) is 5.40. The van der Waals surface area contributed by atoms with Gasteiger partial charge in [-0.15, -0.1) is 10.2 Å². The van der Waals surface area contributed by atoms with Crippen molar-refractivity contribution in [3.63, 3.8) is 0 Å². The maximum atomic E-state index is 5.99. The number of hydrogen-bond acceptors (Lipinski definition) is 3. The molecule has 24 heavy (non-hydrogen) atoms. The highest BCUT2D eigenvalue weighted by Gasteiger charge is 2.02. The van der Waals surface area contributed by atoms with E-state index in [0.29, 0.717) is 10.9 Å². The lowest BCUT2D eigenvalue weighted by Gasteiger charge is -2.03. The summed E-state index contributed by atoms with van der Waals surface area (Å²) < 4.78 is 0. The van der Waals surface area contributed by atoms with E-state index in [1.807, 2.05) is 78.9 Å². The monoisotopic (exact) mass is 334 g/mol. The molecular formula is C19H15ClN4. The number of anilines is 1. The van der Waals surface area contributed by atoms with Gasteiger partial charge in [0, 0.05) is 10.6 Å². The van der Waals surface area contributed by atoms with Gasteiger partial charge in [0.1, 0.15) is 0 Å². The molecule has 0 fully saturated rings. The highest BCUT2D eigenvalue weighted by atomic mass is 35.5. The van der Waals surface area contributed by atoms with Crippen molar-refractivity contribution in [2.45, 2.75) is 0 Å². The molecule has 4 nitrogen and oxygen atoms in total. The van der Waals surface area contributed by atoms with Crippen molar-refractivity contribution in [1.29, 1.82) is 0 Å². The number of halogens is 1. The van der Waals surface area contributed by atoms with Crippen molar-refractivity contribution >= 4 is 28.8 Å². The summed E-state index contributed by atoms with van der Waals surface area (Å²) in [6.07, 6.45) is 0. The average molecular weight is 335 g/mol. The van der Waals surface area contributed by atoms with Crippen LogP contribution in [0.3, 0.4) is 0 Å². The number of rotatable bonds is 4. The molecule has 0 saturated carbocycles. The Morgan fingerprint density at radius 2 is 1.50 bits per heavy atom. The van der Waals surface area contributed by atoms with Crippen LogP contribution in [-0.4, -0.2) is 5.84 Å². The minimum Gasteiger partial charge on any atom is -0.276 e. The molecule has 0 aliphatic rings. The Bertz CT molecular complexity index is 846. The minimum absolute atomic E-state index is 0.486. The third-order valence-electron chi connectivity index (χ3n) is 3.16. The maximum Gasteiger partial charge on any atom is 0.201 e. The first-order valence-corrected chi connectivity index (χ1v) is 7.80. The van der Waals surface area contributed by atoms with Gasteiger partial charge in [-0.1, -0.05) is 66.2 Å². The highest BCUT2D eigenvalue weighted by Crippen LogP contribution is 2.16. The molecule has 0 aliphatic carbocycles. The van der Waals surface area contributed by atoms with E-state index in [9.17, 15) is 0 Å². The minimum atomic E-state index is 0.486. The maximum absolute atomic E-state index is 5.99. The van der Waals surface area contributed by atoms with E-state index in [-0.39, 0.29) is 0 Å². The number of hydrazone groups is 1. The third-order valence-corrected chi connectivity index (χ3v) is 3.40. The van der Waals surface area contributed by atoms with Gasteiger partial charge in [0.05, 0.1) is 11.4 Å². The van der Waals surface area contributed by atoms with E-state index < -0.39 is 0 Å². The predicted molar refractivity (Wildman–Crippen MR) is 99.0 cm³/mol. The molecule has 0 unspecified atom stereocenters. The number of hydrogen-bond donors (Lipinski definition) is 1. The van der Waals surface area contributed by atoms with Crippen LogP contribution in [0.15, 0.2) is 100 Å². The molecular weight excluding hydrogens is 320 g/mol. The summed E-state index contributed by atoms with van der Waals surface area (Å²) in [5.41, 5.74) is 5.39. The fourth-order valence-electron chi connectivity index (χ4n) is 2.01. The van der Waals surface area contributed by atoms with Crippen molar-refractivity contribution in [2.24, 2.45) is 15.3 Å². The van der Waals surface area contributed by atoms with E-state index in [1.54, 1.807) is 6.07 Å². The van der Waals surface area contributed by atoms with Crippen LogP contribution < -0.4 is 5.43 Å². The standard InChI is InChI=1S/C19H15ClN4/c20-16-10-7-13-18(14-16)22-24-19(15-8-3-1-4-9-15)23-21-17-11-5-2-6-12-17/h1-14,22H/b23-21?,24-19+. The van der Waals surface area contributed by atoms with Crippen LogP contribution in [0.1, 0.15) is 5.56 Å². The van der Waals surface area contributed by atoms with E-state index in [4.69, 9.17) is 11.6 Å². The normalized spacial score (nSPS) is 11.6. The van der Waals surface area contributed by atoms with Crippen molar-refractivity contribution in [3.05, 3.63) is 95.5 Å². The summed E-state index contributed by atoms with van der Waals surface area (Å²) >= 11 is 5.99. The largest absolute Gasteiger partial charge is 0.276 e. The lowest BCUT2D eigenvalue weighted by molar-refractivity contribution is 1.22. The van der Waals surface area contributed by atoms with Gasteiger partial charge in [0.15, 0.2) is 0 Å². The molecule has 5 heteroatoms. The molecule has 3 aromatic rings. The first-order chi connectivity index (χ1) is 11.8. The van der Waals surface area contributed by atoms with Gasteiger partial charge in [-0.3, -0.25) is 5.43 Å². The Hall–Kier alpha value is -2.98. The molecule has 118 valence electrons. The van der Waals surface area contributed by atoms with Crippen molar-refractivity contribution in [1.82, 2.24) is 0 Å². The molecule has 0 atom stereocenters. The van der Waals surface area contributed by atoms with Gasteiger partial charge < -0.3 is 0 Å². The van der Waals surface area contributed by atoms with Crippen molar-refractivity contribution in [3.8, 4) is 0 Å². The number of amidine groups is 1. The molecule has 0 bridgehead atoms. The molecule has 3 rings (SSSR count). The molecule has 0 saturated heterocycles. The van der Waals surface area contributed by atoms with Crippen molar-refractivity contribution in [2.75, 3.05) is 5.43 Å². The SMILES string of the molecule is Clc1cccc(N/N=C(/N=Nc2ccccc2)c2ccccc2)c1. The Balaban J connectivity index is 1.87. The first-order valence-electron chi connectivity index (χ1n) is 7.43. The molecule has 0 radical (unpaired) electrons. The second kappa shape index (κ2) is 8.04. The van der Waals surface area contributed by atoms with Crippen molar-refractivity contribution < 1.29 is 0 Å². The number of nitrogens with zero attached hydrogens (tertiary/aromatic N) is 3. The Morgan fingerprint density at radius 3 is 2.21 bits per heavy atom. The predicted octanol–water partition coefficient (Wildman–Crippen LogP) is 5.90. The van der Waals surface area contributed by atoms with Gasteiger partial charge >= 0.3 is 0 Å². The van der Waals surface area contributed by atoms with E-state index >= 15 is 0 Å². The van der Waals surface area contributed by atoms with Crippen LogP contribution in [-0.2, 0) is 0 Å². The molecule has 3 aromatic carbocycles. The zero-order valence-corrected chi connectivity index (χ0v) is 13.6. The lowest BCUT2D eigenvalue weighted by Crippen LogP contribution is -2.01. The summed E-state index contributed by atoms with van der Waals surface area (Å²) in [6, 6.07) is 26.6. The average Bonchev–Trinajstić information content (AvgIpc) is 2.63. The summed E-state index contributed by atoms with van der Waals surface area (Å²) in [5.74, 6) is 0.486. The van der Waals surface area contributed by atoms with Gasteiger partial charge in [-0.2, -0.15) is 5.10 Å². The Morgan fingerprint density at radius 1 is 0.792 bits per heavy atom. The third kappa shape index (κ3) is 4.51. The highest BCUT2D eigenvalue weighted by molar-refractivity contribution is 6.30. The fourth-order valence-corrected chi connectivity index (χ4v) is 2.20. The van der Waals surface area contributed by atoms with E-state index in [2.05, 4.69) is 20.8 Å². The first kappa shape index (κ1) is 15.9. The lowest BCUT2D eigenvalue weighted by atomic mass is 10.2. The Kier molecular flexibility index (Phi) is 5.32. The topological polar surface area (TPSA) is 49.1 Å². The number of benzene rings is 3. The zero-order valence-electron chi connectivity index (χ0n) is 12.8. The number of azo groups is 1. The van der Waals surface area contributed by atoms with Crippen LogP contribution in [0.4, 0.5) is 11.4 Å². The van der Waals surface area contributed by atoms with Gasteiger partial charge in [0.2, 0.25) is 5.84 Å².